The largest absolute Gasteiger partial charge is 0.265 e. The lowest BCUT2D eigenvalue weighted by molar-refractivity contribution is 0.612. The molecule has 0 aromatic carbocycles. The number of hydrogen-bond acceptors (Lipinski definition) is 1. The van der Waals surface area contributed by atoms with Gasteiger partial charge in [-0.3, -0.25) is 4.98 Å². The number of pyridine rings is 1. The minimum Gasteiger partial charge on any atom is -0.265 e. The van der Waals surface area contributed by atoms with Gasteiger partial charge in [0.1, 0.15) is 0 Å². The molecule has 0 amide bonds. The predicted molar refractivity (Wildman–Crippen MR) is 51.9 cm³/mol. The maximum Gasteiger partial charge on any atom is 0.0267 e. The van der Waals surface area contributed by atoms with Crippen molar-refractivity contribution in [3.63, 3.8) is 0 Å². The monoisotopic (exact) mass is 163 g/mol. The summed E-state index contributed by atoms with van der Waals surface area (Å²) in [7, 11) is 0. The van der Waals surface area contributed by atoms with Gasteiger partial charge < -0.3 is 0 Å². The van der Waals surface area contributed by atoms with Gasteiger partial charge in [0.15, 0.2) is 0 Å². The molecule has 0 atom stereocenters. The number of aromatic nitrogens is 1. The van der Waals surface area contributed by atoms with E-state index in [2.05, 4.69) is 11.9 Å². The van der Waals surface area contributed by atoms with Crippen LogP contribution in [0.15, 0.2) is 30.6 Å². The van der Waals surface area contributed by atoms with Gasteiger partial charge in [0.25, 0.3) is 0 Å². The molecule has 0 bridgehead atoms. The van der Waals surface area contributed by atoms with Crippen LogP contribution in [0.3, 0.4) is 0 Å². The zero-order chi connectivity index (χ0) is 8.65. The van der Waals surface area contributed by atoms with Crippen molar-refractivity contribution >= 4 is 0 Å². The lowest BCUT2D eigenvalue weighted by atomic mass is 10.2. The molecular formula is C11H17N. The molecule has 0 N–H and O–H groups in total. The van der Waals surface area contributed by atoms with Crippen molar-refractivity contribution in [1.82, 2.24) is 4.98 Å². The Kier molecular flexibility index (Phi) is 4.43. The summed E-state index contributed by atoms with van der Waals surface area (Å²) in [6, 6.07) is 5.72. The molecule has 1 aliphatic carbocycles. The van der Waals surface area contributed by atoms with E-state index in [4.69, 9.17) is 0 Å². The molecule has 1 heteroatoms. The van der Waals surface area contributed by atoms with Crippen LogP contribution in [0.5, 0.6) is 0 Å². The highest BCUT2D eigenvalue weighted by Gasteiger charge is 2.07. The minimum atomic E-state index is 1.05. The van der Waals surface area contributed by atoms with Crippen LogP contribution in [0.25, 0.3) is 0 Å². The van der Waals surface area contributed by atoms with Gasteiger partial charge in [-0.05, 0) is 18.1 Å². The van der Waals surface area contributed by atoms with E-state index in [9.17, 15) is 0 Å². The van der Waals surface area contributed by atoms with E-state index in [1.54, 1.807) is 12.4 Å². The third-order valence-electron chi connectivity index (χ3n) is 2.21. The van der Waals surface area contributed by atoms with Crippen molar-refractivity contribution in [2.75, 3.05) is 0 Å². The van der Waals surface area contributed by atoms with E-state index < -0.39 is 0 Å². The first-order valence-electron chi connectivity index (χ1n) is 4.74. The van der Waals surface area contributed by atoms with E-state index in [0.717, 1.165) is 5.92 Å². The summed E-state index contributed by atoms with van der Waals surface area (Å²) < 4.78 is 0. The van der Waals surface area contributed by atoms with Crippen molar-refractivity contribution in [2.45, 2.75) is 32.6 Å². The lowest BCUT2D eigenvalue weighted by Crippen LogP contribution is -1.78. The van der Waals surface area contributed by atoms with Crippen LogP contribution in [0, 0.1) is 5.92 Å². The summed E-state index contributed by atoms with van der Waals surface area (Å²) in [6.07, 6.45) is 9.45. The number of hydrogen-bond donors (Lipinski definition) is 0. The molecule has 2 rings (SSSR count). The van der Waals surface area contributed by atoms with Gasteiger partial charge in [0.05, 0.1) is 0 Å². The molecule has 0 radical (unpaired) electrons. The van der Waals surface area contributed by atoms with Crippen molar-refractivity contribution in [3.05, 3.63) is 30.6 Å². The first-order valence-corrected chi connectivity index (χ1v) is 4.74. The van der Waals surface area contributed by atoms with Crippen molar-refractivity contribution < 1.29 is 0 Å². The van der Waals surface area contributed by atoms with Crippen LogP contribution >= 0.6 is 0 Å². The molecule has 0 saturated heterocycles. The highest BCUT2D eigenvalue weighted by Crippen LogP contribution is 2.22. The molecule has 1 aromatic heterocycles. The first-order chi connectivity index (χ1) is 5.89. The summed E-state index contributed by atoms with van der Waals surface area (Å²) in [5, 5.41) is 0. The second-order valence-corrected chi connectivity index (χ2v) is 3.41. The Bertz CT molecular complexity index is 151. The summed E-state index contributed by atoms with van der Waals surface area (Å²) in [4.78, 5) is 3.78. The van der Waals surface area contributed by atoms with Crippen molar-refractivity contribution in [1.29, 1.82) is 0 Å². The predicted octanol–water partition coefficient (Wildman–Crippen LogP) is 3.28. The Balaban J connectivity index is 0.000000120. The maximum absolute atomic E-state index is 3.78. The third kappa shape index (κ3) is 4.12. The van der Waals surface area contributed by atoms with Gasteiger partial charge in [0, 0.05) is 12.4 Å². The van der Waals surface area contributed by atoms with E-state index in [1.807, 2.05) is 18.2 Å². The first kappa shape index (κ1) is 9.24. The maximum atomic E-state index is 3.78. The SMILES string of the molecule is CC1CCCC1.c1ccncc1. The molecule has 1 aliphatic rings. The number of rotatable bonds is 0. The van der Waals surface area contributed by atoms with Crippen LogP contribution in [0.1, 0.15) is 32.6 Å². The van der Waals surface area contributed by atoms with Crippen LogP contribution in [-0.4, -0.2) is 4.98 Å². The molecule has 1 heterocycles. The van der Waals surface area contributed by atoms with Crippen molar-refractivity contribution in [3.8, 4) is 0 Å². The Hall–Kier alpha value is -0.850. The fourth-order valence-electron chi connectivity index (χ4n) is 1.44. The average Bonchev–Trinajstić information content (AvgIpc) is 2.60. The Morgan fingerprint density at radius 1 is 1.00 bits per heavy atom. The summed E-state index contributed by atoms with van der Waals surface area (Å²) in [5.41, 5.74) is 0. The van der Waals surface area contributed by atoms with E-state index in [-0.39, 0.29) is 0 Å². The topological polar surface area (TPSA) is 12.9 Å². The lowest BCUT2D eigenvalue weighted by Gasteiger charge is -1.91. The zero-order valence-electron chi connectivity index (χ0n) is 7.74. The highest BCUT2D eigenvalue weighted by atomic mass is 14.6. The van der Waals surface area contributed by atoms with E-state index in [1.165, 1.54) is 25.7 Å². The fraction of sp³-hybridized carbons (Fsp3) is 0.545. The summed E-state index contributed by atoms with van der Waals surface area (Å²) in [5.74, 6) is 1.05. The fourth-order valence-corrected chi connectivity index (χ4v) is 1.44. The Labute approximate surface area is 74.8 Å². The van der Waals surface area contributed by atoms with Crippen LogP contribution in [0.2, 0.25) is 0 Å². The summed E-state index contributed by atoms with van der Waals surface area (Å²) in [6.45, 7) is 2.34. The van der Waals surface area contributed by atoms with Gasteiger partial charge in [-0.15, -0.1) is 0 Å². The summed E-state index contributed by atoms with van der Waals surface area (Å²) >= 11 is 0. The molecule has 1 saturated carbocycles. The molecule has 0 aliphatic heterocycles. The quantitative estimate of drug-likeness (QED) is 0.572. The van der Waals surface area contributed by atoms with Gasteiger partial charge in [-0.2, -0.15) is 0 Å². The van der Waals surface area contributed by atoms with Crippen LogP contribution in [0.4, 0.5) is 0 Å². The van der Waals surface area contributed by atoms with Gasteiger partial charge in [-0.1, -0.05) is 38.7 Å². The normalized spacial score (nSPS) is 16.8. The molecular weight excluding hydrogens is 146 g/mol. The zero-order valence-corrected chi connectivity index (χ0v) is 7.74. The Morgan fingerprint density at radius 2 is 1.58 bits per heavy atom. The smallest absolute Gasteiger partial charge is 0.0267 e. The van der Waals surface area contributed by atoms with E-state index >= 15 is 0 Å². The molecule has 1 aromatic rings. The van der Waals surface area contributed by atoms with Crippen LogP contribution in [-0.2, 0) is 0 Å². The van der Waals surface area contributed by atoms with Crippen molar-refractivity contribution in [2.24, 2.45) is 5.92 Å². The standard InChI is InChI=1S/C6H12.C5H5N/c1-6-4-2-3-5-6;1-2-4-6-5-3-1/h6H,2-5H2,1H3;1-5H. The molecule has 12 heavy (non-hydrogen) atoms. The minimum absolute atomic E-state index is 1.05. The molecule has 0 unspecified atom stereocenters. The third-order valence-corrected chi connectivity index (χ3v) is 2.21. The Morgan fingerprint density at radius 3 is 1.75 bits per heavy atom. The molecule has 1 fully saturated rings. The van der Waals surface area contributed by atoms with Crippen LogP contribution < -0.4 is 0 Å². The highest BCUT2D eigenvalue weighted by molar-refractivity contribution is 4.88. The average molecular weight is 163 g/mol. The second-order valence-electron chi connectivity index (χ2n) is 3.41. The second kappa shape index (κ2) is 5.76. The number of nitrogens with zero attached hydrogens (tertiary/aromatic N) is 1. The van der Waals surface area contributed by atoms with Gasteiger partial charge in [0.2, 0.25) is 0 Å². The van der Waals surface area contributed by atoms with Gasteiger partial charge in [-0.25, -0.2) is 0 Å². The molecule has 66 valence electrons. The molecule has 0 spiro atoms. The van der Waals surface area contributed by atoms with E-state index in [0.29, 0.717) is 0 Å². The van der Waals surface area contributed by atoms with Gasteiger partial charge >= 0.3 is 0 Å². The molecule has 1 nitrogen and oxygen atoms in total.